The SMILES string of the molecule is [O-]c1on[n+](-c2ccccc2)c1CN(CCO)C(=S)Nc1ccccc1. The number of hydrogen-bond acceptors (Lipinski definition) is 5. The Bertz CT molecular complexity index is 855. The molecule has 2 aromatic carbocycles. The van der Waals surface area contributed by atoms with Crippen LogP contribution in [0.2, 0.25) is 0 Å². The zero-order valence-corrected chi connectivity index (χ0v) is 14.7. The number of benzene rings is 2. The van der Waals surface area contributed by atoms with E-state index in [2.05, 4.69) is 10.6 Å². The maximum atomic E-state index is 12.1. The summed E-state index contributed by atoms with van der Waals surface area (Å²) in [6.45, 7) is 0.302. The Labute approximate surface area is 156 Å². The highest BCUT2D eigenvalue weighted by Gasteiger charge is 2.24. The van der Waals surface area contributed by atoms with E-state index in [-0.39, 0.29) is 19.7 Å². The molecule has 2 N–H and O–H groups in total. The van der Waals surface area contributed by atoms with Gasteiger partial charge in [0.15, 0.2) is 11.1 Å². The molecule has 0 aliphatic rings. The first-order chi connectivity index (χ1) is 12.7. The molecule has 134 valence electrons. The fourth-order valence-electron chi connectivity index (χ4n) is 2.45. The van der Waals surface area contributed by atoms with Crippen molar-refractivity contribution in [3.8, 4) is 11.6 Å². The molecule has 0 atom stereocenters. The van der Waals surface area contributed by atoms with Gasteiger partial charge in [-0.3, -0.25) is 0 Å². The smallest absolute Gasteiger partial charge is 0.259 e. The van der Waals surface area contributed by atoms with E-state index in [4.69, 9.17) is 16.7 Å². The van der Waals surface area contributed by atoms with Crippen molar-refractivity contribution in [1.82, 2.24) is 10.2 Å². The Kier molecular flexibility index (Phi) is 5.77. The summed E-state index contributed by atoms with van der Waals surface area (Å²) in [4.78, 5) is 1.69. The molecule has 0 fully saturated rings. The lowest BCUT2D eigenvalue weighted by atomic mass is 10.3. The van der Waals surface area contributed by atoms with Gasteiger partial charge in [-0.2, -0.15) is 0 Å². The number of para-hydroxylation sites is 2. The van der Waals surface area contributed by atoms with Crippen molar-refractivity contribution in [3.05, 3.63) is 66.4 Å². The van der Waals surface area contributed by atoms with E-state index in [1.807, 2.05) is 60.7 Å². The van der Waals surface area contributed by atoms with E-state index in [9.17, 15) is 10.2 Å². The molecule has 8 heteroatoms. The molecule has 0 aliphatic carbocycles. The fourth-order valence-corrected chi connectivity index (χ4v) is 2.72. The maximum absolute atomic E-state index is 12.1. The highest BCUT2D eigenvalue weighted by atomic mass is 32.1. The Morgan fingerprint density at radius 1 is 1.15 bits per heavy atom. The van der Waals surface area contributed by atoms with Crippen LogP contribution >= 0.6 is 12.2 Å². The molecule has 1 aromatic heterocycles. The van der Waals surface area contributed by atoms with Gasteiger partial charge in [-0.15, -0.1) is 0 Å². The number of aliphatic hydroxyl groups excluding tert-OH is 1. The van der Waals surface area contributed by atoms with Gasteiger partial charge in [0.05, 0.1) is 11.9 Å². The number of thiocarbonyl (C=S) groups is 1. The van der Waals surface area contributed by atoms with Crippen LogP contribution in [-0.2, 0) is 6.54 Å². The van der Waals surface area contributed by atoms with E-state index < -0.39 is 5.95 Å². The first-order valence-corrected chi connectivity index (χ1v) is 8.45. The third-order valence-corrected chi connectivity index (χ3v) is 4.08. The van der Waals surface area contributed by atoms with Gasteiger partial charge < -0.3 is 25.0 Å². The third kappa shape index (κ3) is 4.16. The largest absolute Gasteiger partial charge is 0.539 e. The van der Waals surface area contributed by atoms with Gasteiger partial charge in [0.2, 0.25) is 5.69 Å². The van der Waals surface area contributed by atoms with Crippen LogP contribution in [0.4, 0.5) is 5.69 Å². The van der Waals surface area contributed by atoms with Crippen LogP contribution < -0.4 is 15.1 Å². The quantitative estimate of drug-likeness (QED) is 0.498. The number of aliphatic hydroxyl groups is 1. The minimum Gasteiger partial charge on any atom is -0.539 e. The topological polar surface area (TPSA) is 88.5 Å². The molecule has 0 radical (unpaired) electrons. The number of rotatable bonds is 6. The van der Waals surface area contributed by atoms with E-state index in [0.29, 0.717) is 16.5 Å². The van der Waals surface area contributed by atoms with Crippen molar-refractivity contribution in [3.63, 3.8) is 0 Å². The third-order valence-electron chi connectivity index (χ3n) is 3.72. The molecule has 0 saturated carbocycles. The molecule has 3 rings (SSSR count). The van der Waals surface area contributed by atoms with E-state index in [1.54, 1.807) is 4.90 Å². The van der Waals surface area contributed by atoms with Crippen LogP contribution in [0.3, 0.4) is 0 Å². The standard InChI is InChI=1S/C18H18N4O3S/c23-12-11-21(18(26)19-14-7-3-1-4-8-14)13-16-17(24)25-20-22(16)15-9-5-2-6-10-15/h1-10,23H,11-13H2,(H-,19,20,24,26). The van der Waals surface area contributed by atoms with E-state index in [0.717, 1.165) is 5.69 Å². The van der Waals surface area contributed by atoms with Crippen LogP contribution in [0.1, 0.15) is 5.69 Å². The summed E-state index contributed by atoms with van der Waals surface area (Å²) >= 11 is 5.44. The number of hydrogen-bond donors (Lipinski definition) is 2. The van der Waals surface area contributed by atoms with Crippen molar-refractivity contribution in [2.45, 2.75) is 6.54 Å². The summed E-state index contributed by atoms with van der Waals surface area (Å²) in [6.07, 6.45) is 0. The predicted octanol–water partition coefficient (Wildman–Crippen LogP) is 1.22. The number of nitrogens with one attached hydrogen (secondary N) is 1. The second kappa shape index (κ2) is 8.41. The van der Waals surface area contributed by atoms with Crippen LogP contribution in [0.5, 0.6) is 5.95 Å². The van der Waals surface area contributed by atoms with Crippen LogP contribution in [0, 0.1) is 0 Å². The molecule has 26 heavy (non-hydrogen) atoms. The second-order valence-electron chi connectivity index (χ2n) is 5.50. The zero-order valence-electron chi connectivity index (χ0n) is 13.9. The Hall–Kier alpha value is -2.97. The summed E-state index contributed by atoms with van der Waals surface area (Å²) in [5, 5.41) is 28.8. The lowest BCUT2D eigenvalue weighted by Crippen LogP contribution is -2.43. The average molecular weight is 370 g/mol. The summed E-state index contributed by atoms with van der Waals surface area (Å²) in [7, 11) is 0. The number of nitrogens with zero attached hydrogens (tertiary/aromatic N) is 3. The van der Waals surface area contributed by atoms with Crippen LogP contribution in [0.25, 0.3) is 5.69 Å². The van der Waals surface area contributed by atoms with Gasteiger partial charge >= 0.3 is 0 Å². The summed E-state index contributed by atoms with van der Waals surface area (Å²) in [5.41, 5.74) is 1.85. The Balaban J connectivity index is 1.82. The minimum atomic E-state index is -0.542. The maximum Gasteiger partial charge on any atom is 0.259 e. The molecular formula is C18H18N4O3S. The first kappa shape index (κ1) is 17.8. The van der Waals surface area contributed by atoms with Gasteiger partial charge in [-0.1, -0.05) is 36.4 Å². The Morgan fingerprint density at radius 2 is 1.81 bits per heavy atom. The van der Waals surface area contributed by atoms with Gasteiger partial charge in [0, 0.05) is 24.4 Å². The monoisotopic (exact) mass is 370 g/mol. The summed E-state index contributed by atoms with van der Waals surface area (Å²) < 4.78 is 6.27. The number of aromatic nitrogens is 2. The molecule has 0 unspecified atom stereocenters. The highest BCUT2D eigenvalue weighted by Crippen LogP contribution is 2.14. The zero-order chi connectivity index (χ0) is 18.4. The summed E-state index contributed by atoms with van der Waals surface area (Å²) in [6, 6.07) is 18.7. The van der Waals surface area contributed by atoms with Gasteiger partial charge in [0.25, 0.3) is 5.69 Å². The van der Waals surface area contributed by atoms with Crippen molar-refractivity contribution >= 4 is 23.0 Å². The molecular weight excluding hydrogens is 352 g/mol. The molecule has 0 saturated heterocycles. The van der Waals surface area contributed by atoms with Crippen molar-refractivity contribution in [2.24, 2.45) is 0 Å². The van der Waals surface area contributed by atoms with Gasteiger partial charge in [-0.05, 0) is 29.0 Å². The van der Waals surface area contributed by atoms with E-state index >= 15 is 0 Å². The minimum absolute atomic E-state index is 0.110. The van der Waals surface area contributed by atoms with Crippen LogP contribution in [-0.4, -0.2) is 33.5 Å². The predicted molar refractivity (Wildman–Crippen MR) is 97.6 cm³/mol. The van der Waals surface area contributed by atoms with Gasteiger partial charge in [0.1, 0.15) is 6.54 Å². The molecule has 7 nitrogen and oxygen atoms in total. The molecule has 0 bridgehead atoms. The van der Waals surface area contributed by atoms with Crippen LogP contribution in [0.15, 0.2) is 65.2 Å². The average Bonchev–Trinajstić information content (AvgIpc) is 3.03. The van der Waals surface area contributed by atoms with Crippen molar-refractivity contribution < 1.29 is 19.4 Å². The van der Waals surface area contributed by atoms with E-state index in [1.165, 1.54) is 4.68 Å². The normalized spacial score (nSPS) is 10.5. The second-order valence-corrected chi connectivity index (χ2v) is 5.88. The lowest BCUT2D eigenvalue weighted by Gasteiger charge is -2.23. The molecule has 0 spiro atoms. The van der Waals surface area contributed by atoms with Crippen molar-refractivity contribution in [1.29, 1.82) is 0 Å². The molecule has 0 amide bonds. The fraction of sp³-hybridized carbons (Fsp3) is 0.167. The molecule has 3 aromatic rings. The molecule has 0 aliphatic heterocycles. The summed E-state index contributed by atoms with van der Waals surface area (Å²) in [5.74, 6) is -0.542. The highest BCUT2D eigenvalue weighted by molar-refractivity contribution is 7.80. The Morgan fingerprint density at radius 3 is 2.46 bits per heavy atom. The number of anilines is 1. The molecule has 1 heterocycles. The lowest BCUT2D eigenvalue weighted by molar-refractivity contribution is -0.678. The van der Waals surface area contributed by atoms with Crippen molar-refractivity contribution in [2.75, 3.05) is 18.5 Å². The first-order valence-electron chi connectivity index (χ1n) is 8.04. The van der Waals surface area contributed by atoms with Gasteiger partial charge in [-0.25, -0.2) is 0 Å².